The molecule has 0 saturated heterocycles. The summed E-state index contributed by atoms with van der Waals surface area (Å²) in [7, 11) is 1.43. The lowest BCUT2D eigenvalue weighted by Crippen LogP contribution is -2.03. The van der Waals surface area contributed by atoms with Crippen LogP contribution in [0.15, 0.2) is 36.4 Å². The quantitative estimate of drug-likeness (QED) is 0.911. The third-order valence-electron chi connectivity index (χ3n) is 3.27. The molecule has 2 aromatic carbocycles. The van der Waals surface area contributed by atoms with Gasteiger partial charge in [0.15, 0.2) is 11.6 Å². The molecule has 2 aromatic rings. The van der Waals surface area contributed by atoms with Crippen LogP contribution in [-0.4, -0.2) is 12.2 Å². The Bertz CT molecular complexity index is 623. The third kappa shape index (κ3) is 3.52. The molecule has 0 fully saturated rings. The number of aliphatic hydroxyl groups is 1. The second-order valence-corrected chi connectivity index (χ2v) is 4.94. The molecule has 0 amide bonds. The number of aliphatic hydroxyl groups excluding tert-OH is 1. The van der Waals surface area contributed by atoms with Gasteiger partial charge in [0.05, 0.1) is 13.2 Å². The first-order chi connectivity index (χ1) is 10.0. The van der Waals surface area contributed by atoms with Crippen molar-refractivity contribution in [1.82, 2.24) is 0 Å². The van der Waals surface area contributed by atoms with Crippen LogP contribution in [-0.2, 0) is 6.61 Å². The molecule has 0 aromatic heterocycles. The van der Waals surface area contributed by atoms with E-state index < -0.39 is 11.9 Å². The summed E-state index contributed by atoms with van der Waals surface area (Å²) in [5.74, 6) is 0.328. The molecule has 0 bridgehead atoms. The summed E-state index contributed by atoms with van der Waals surface area (Å²) in [6, 6.07) is 10.5. The van der Waals surface area contributed by atoms with E-state index in [1.807, 2.05) is 25.1 Å². The zero-order valence-corrected chi connectivity index (χ0v) is 12.4. The lowest BCUT2D eigenvalue weighted by atomic mass is 10.1. The summed E-state index contributed by atoms with van der Waals surface area (Å²) in [5.41, 5.74) is 2.11. The van der Waals surface area contributed by atoms with Gasteiger partial charge in [-0.25, -0.2) is 4.39 Å². The summed E-state index contributed by atoms with van der Waals surface area (Å²) in [4.78, 5) is 0. The van der Waals surface area contributed by atoms with Gasteiger partial charge in [0.2, 0.25) is 0 Å². The fraction of sp³-hybridized carbons (Fsp3) is 0.294. The first kappa shape index (κ1) is 15.3. The topological polar surface area (TPSA) is 38.7 Å². The van der Waals surface area contributed by atoms with Crippen molar-refractivity contribution >= 4 is 0 Å². The predicted molar refractivity (Wildman–Crippen MR) is 79.1 cm³/mol. The van der Waals surface area contributed by atoms with Gasteiger partial charge in [0, 0.05) is 11.1 Å². The highest BCUT2D eigenvalue weighted by Crippen LogP contribution is 2.28. The third-order valence-corrected chi connectivity index (χ3v) is 3.27. The van der Waals surface area contributed by atoms with Crippen molar-refractivity contribution in [3.63, 3.8) is 0 Å². The molecule has 1 unspecified atom stereocenters. The molecule has 2 rings (SSSR count). The van der Waals surface area contributed by atoms with E-state index in [1.54, 1.807) is 25.1 Å². The van der Waals surface area contributed by atoms with E-state index >= 15 is 0 Å². The predicted octanol–water partition coefficient (Wildman–Crippen LogP) is 3.78. The van der Waals surface area contributed by atoms with E-state index in [4.69, 9.17) is 9.47 Å². The maximum Gasteiger partial charge on any atom is 0.171 e. The average Bonchev–Trinajstić information content (AvgIpc) is 2.46. The number of rotatable bonds is 5. The van der Waals surface area contributed by atoms with Crippen molar-refractivity contribution in [1.29, 1.82) is 0 Å². The fourth-order valence-electron chi connectivity index (χ4n) is 2.09. The van der Waals surface area contributed by atoms with Crippen LogP contribution in [0, 0.1) is 12.7 Å². The maximum absolute atomic E-state index is 14.1. The van der Waals surface area contributed by atoms with E-state index in [1.165, 1.54) is 7.11 Å². The van der Waals surface area contributed by atoms with Crippen LogP contribution < -0.4 is 9.47 Å². The molecule has 0 radical (unpaired) electrons. The Balaban J connectivity index is 2.22. The zero-order valence-electron chi connectivity index (χ0n) is 12.4. The van der Waals surface area contributed by atoms with Crippen LogP contribution in [0.25, 0.3) is 0 Å². The Labute approximate surface area is 124 Å². The van der Waals surface area contributed by atoms with Crippen molar-refractivity contribution in [2.45, 2.75) is 26.6 Å². The molecule has 1 N–H and O–H groups in total. The Morgan fingerprint density at radius 1 is 1.19 bits per heavy atom. The summed E-state index contributed by atoms with van der Waals surface area (Å²) < 4.78 is 24.7. The van der Waals surface area contributed by atoms with Crippen LogP contribution in [0.5, 0.6) is 11.5 Å². The van der Waals surface area contributed by atoms with Crippen LogP contribution in [0.4, 0.5) is 4.39 Å². The monoisotopic (exact) mass is 290 g/mol. The minimum atomic E-state index is -0.643. The molecule has 3 nitrogen and oxygen atoms in total. The van der Waals surface area contributed by atoms with Gasteiger partial charge in [-0.2, -0.15) is 0 Å². The van der Waals surface area contributed by atoms with Gasteiger partial charge in [0.25, 0.3) is 0 Å². The molecule has 1 atom stereocenters. The highest BCUT2D eigenvalue weighted by Gasteiger charge is 2.12. The van der Waals surface area contributed by atoms with E-state index in [0.717, 1.165) is 5.56 Å². The molecular weight excluding hydrogens is 271 g/mol. The smallest absolute Gasteiger partial charge is 0.171 e. The Hall–Kier alpha value is -2.07. The molecule has 112 valence electrons. The second kappa shape index (κ2) is 6.59. The summed E-state index contributed by atoms with van der Waals surface area (Å²) in [6.07, 6.45) is -0.643. The van der Waals surface area contributed by atoms with E-state index in [0.29, 0.717) is 16.9 Å². The van der Waals surface area contributed by atoms with Crippen LogP contribution in [0.3, 0.4) is 0 Å². The molecule has 0 aliphatic carbocycles. The van der Waals surface area contributed by atoms with Crippen molar-refractivity contribution in [2.24, 2.45) is 0 Å². The lowest BCUT2D eigenvalue weighted by molar-refractivity contribution is 0.189. The van der Waals surface area contributed by atoms with Crippen molar-refractivity contribution in [3.8, 4) is 11.5 Å². The second-order valence-electron chi connectivity index (χ2n) is 4.94. The highest BCUT2D eigenvalue weighted by atomic mass is 19.1. The van der Waals surface area contributed by atoms with Crippen LogP contribution >= 0.6 is 0 Å². The minimum Gasteiger partial charge on any atom is -0.494 e. The van der Waals surface area contributed by atoms with Gasteiger partial charge >= 0.3 is 0 Å². The van der Waals surface area contributed by atoms with E-state index in [9.17, 15) is 9.50 Å². The van der Waals surface area contributed by atoms with Crippen molar-refractivity contribution in [3.05, 3.63) is 58.9 Å². The van der Waals surface area contributed by atoms with Gasteiger partial charge in [-0.3, -0.25) is 0 Å². The van der Waals surface area contributed by atoms with Gasteiger partial charge in [-0.05, 0) is 31.5 Å². The summed E-state index contributed by atoms with van der Waals surface area (Å²) >= 11 is 0. The first-order valence-electron chi connectivity index (χ1n) is 6.75. The summed E-state index contributed by atoms with van der Waals surface area (Å²) in [5, 5.41) is 9.76. The highest BCUT2D eigenvalue weighted by molar-refractivity contribution is 5.39. The SMILES string of the molecule is COc1cccc(COc2cc(C)ccc2C(C)O)c1F. The van der Waals surface area contributed by atoms with Crippen molar-refractivity contribution in [2.75, 3.05) is 7.11 Å². The standard InChI is InChI=1S/C17H19FO3/c1-11-7-8-14(12(2)19)16(9-11)21-10-13-5-4-6-15(20-3)17(13)18/h4-9,12,19H,10H2,1-3H3. The number of aryl methyl sites for hydroxylation is 1. The first-order valence-corrected chi connectivity index (χ1v) is 6.75. The molecule has 0 saturated carbocycles. The number of benzene rings is 2. The number of ether oxygens (including phenoxy) is 2. The molecule has 0 heterocycles. The fourth-order valence-corrected chi connectivity index (χ4v) is 2.09. The Kier molecular flexibility index (Phi) is 4.81. The molecule has 0 aliphatic heterocycles. The minimum absolute atomic E-state index is 0.0756. The van der Waals surface area contributed by atoms with E-state index in [-0.39, 0.29) is 12.4 Å². The molecule has 0 spiro atoms. The maximum atomic E-state index is 14.1. The lowest BCUT2D eigenvalue weighted by Gasteiger charge is -2.15. The number of halogens is 1. The molecule has 4 heteroatoms. The Morgan fingerprint density at radius 3 is 2.62 bits per heavy atom. The van der Waals surface area contributed by atoms with Gasteiger partial charge in [-0.15, -0.1) is 0 Å². The average molecular weight is 290 g/mol. The molecular formula is C17H19FO3. The van der Waals surface area contributed by atoms with Crippen LogP contribution in [0.2, 0.25) is 0 Å². The van der Waals surface area contributed by atoms with E-state index in [2.05, 4.69) is 0 Å². The van der Waals surface area contributed by atoms with Gasteiger partial charge < -0.3 is 14.6 Å². The van der Waals surface area contributed by atoms with Crippen molar-refractivity contribution < 1.29 is 19.0 Å². The largest absolute Gasteiger partial charge is 0.494 e. The molecule has 21 heavy (non-hydrogen) atoms. The van der Waals surface area contributed by atoms with Gasteiger partial charge in [-0.1, -0.05) is 24.3 Å². The number of hydrogen-bond acceptors (Lipinski definition) is 3. The number of hydrogen-bond donors (Lipinski definition) is 1. The normalized spacial score (nSPS) is 12.0. The Morgan fingerprint density at radius 2 is 1.95 bits per heavy atom. The van der Waals surface area contributed by atoms with Crippen LogP contribution in [0.1, 0.15) is 29.7 Å². The molecule has 0 aliphatic rings. The zero-order chi connectivity index (χ0) is 15.4. The summed E-state index contributed by atoms with van der Waals surface area (Å²) in [6.45, 7) is 3.68. The van der Waals surface area contributed by atoms with Gasteiger partial charge in [0.1, 0.15) is 12.4 Å². The number of methoxy groups -OCH3 is 1.